The van der Waals surface area contributed by atoms with Crippen molar-refractivity contribution in [3.63, 3.8) is 0 Å². The first-order valence-electron chi connectivity index (χ1n) is 9.94. The fourth-order valence-corrected chi connectivity index (χ4v) is 3.93. The predicted octanol–water partition coefficient (Wildman–Crippen LogP) is 1.76. The number of likely N-dealkylation sites (N-methyl/N-ethyl adjacent to an activating group) is 1. The zero-order valence-electron chi connectivity index (χ0n) is 17.1. The molecule has 0 saturated carbocycles. The molecular formula is C20H31N7S. The lowest BCUT2D eigenvalue weighted by atomic mass is 10.2. The van der Waals surface area contributed by atoms with Gasteiger partial charge in [0.05, 0.1) is 5.01 Å². The molecule has 2 N–H and O–H groups in total. The van der Waals surface area contributed by atoms with Gasteiger partial charge in [0, 0.05) is 70.0 Å². The van der Waals surface area contributed by atoms with E-state index in [-0.39, 0.29) is 0 Å². The summed E-state index contributed by atoms with van der Waals surface area (Å²) in [6.45, 7) is 7.94. The number of guanidine groups is 1. The van der Waals surface area contributed by atoms with E-state index in [0.29, 0.717) is 6.54 Å². The Bertz CT molecular complexity index is 748. The number of anilines is 1. The Morgan fingerprint density at radius 3 is 2.61 bits per heavy atom. The standard InChI is InChI=1S/C20H31N7S/c1-4-17-15-24-19(28-17)7-8-22-20(21-2)25-14-16-5-6-18(23-13-16)27-11-9-26(3)10-12-27/h5-6,13,15H,4,7-12,14H2,1-3H3,(H2,21,22,25). The average Bonchev–Trinajstić information content (AvgIpc) is 3.19. The van der Waals surface area contributed by atoms with E-state index < -0.39 is 0 Å². The number of hydrogen-bond donors (Lipinski definition) is 2. The zero-order chi connectivity index (χ0) is 19.8. The summed E-state index contributed by atoms with van der Waals surface area (Å²) in [6, 6.07) is 4.26. The molecule has 0 spiro atoms. The highest BCUT2D eigenvalue weighted by atomic mass is 32.1. The molecular weight excluding hydrogens is 370 g/mol. The predicted molar refractivity (Wildman–Crippen MR) is 117 cm³/mol. The number of aromatic nitrogens is 2. The molecule has 0 aliphatic carbocycles. The highest BCUT2D eigenvalue weighted by Crippen LogP contribution is 2.14. The molecule has 7 nitrogen and oxygen atoms in total. The molecule has 0 unspecified atom stereocenters. The Kier molecular flexibility index (Phi) is 7.62. The van der Waals surface area contributed by atoms with Crippen LogP contribution in [0.3, 0.4) is 0 Å². The number of piperazine rings is 1. The van der Waals surface area contributed by atoms with Gasteiger partial charge in [-0.2, -0.15) is 0 Å². The Hall–Kier alpha value is -2.19. The van der Waals surface area contributed by atoms with Crippen LogP contribution in [0.2, 0.25) is 0 Å². The smallest absolute Gasteiger partial charge is 0.191 e. The van der Waals surface area contributed by atoms with Gasteiger partial charge in [0.15, 0.2) is 5.96 Å². The van der Waals surface area contributed by atoms with Crippen LogP contribution in [-0.2, 0) is 19.4 Å². The van der Waals surface area contributed by atoms with Crippen molar-refractivity contribution in [2.45, 2.75) is 26.3 Å². The van der Waals surface area contributed by atoms with E-state index in [2.05, 4.69) is 61.5 Å². The van der Waals surface area contributed by atoms with Gasteiger partial charge in [-0.15, -0.1) is 11.3 Å². The average molecular weight is 402 g/mol. The minimum Gasteiger partial charge on any atom is -0.356 e. The van der Waals surface area contributed by atoms with E-state index in [9.17, 15) is 0 Å². The second kappa shape index (κ2) is 10.4. The van der Waals surface area contributed by atoms with Crippen molar-refractivity contribution in [1.29, 1.82) is 0 Å². The normalized spacial score (nSPS) is 15.7. The number of nitrogens with zero attached hydrogens (tertiary/aromatic N) is 5. The summed E-state index contributed by atoms with van der Waals surface area (Å²) in [5, 5.41) is 7.88. The second-order valence-electron chi connectivity index (χ2n) is 6.99. The highest BCUT2D eigenvalue weighted by molar-refractivity contribution is 7.11. The molecule has 8 heteroatoms. The summed E-state index contributed by atoms with van der Waals surface area (Å²) < 4.78 is 0. The van der Waals surface area contributed by atoms with Crippen molar-refractivity contribution in [2.24, 2.45) is 4.99 Å². The quantitative estimate of drug-likeness (QED) is 0.544. The van der Waals surface area contributed by atoms with Crippen LogP contribution >= 0.6 is 11.3 Å². The summed E-state index contributed by atoms with van der Waals surface area (Å²) in [6.07, 6.45) is 5.89. The Labute approximate surface area is 171 Å². The van der Waals surface area contributed by atoms with Crippen LogP contribution in [0.1, 0.15) is 22.4 Å². The molecule has 0 atom stereocenters. The van der Waals surface area contributed by atoms with Gasteiger partial charge in [-0.3, -0.25) is 4.99 Å². The van der Waals surface area contributed by atoms with Gasteiger partial charge in [-0.05, 0) is 25.1 Å². The molecule has 3 heterocycles. The van der Waals surface area contributed by atoms with Gasteiger partial charge in [-0.1, -0.05) is 13.0 Å². The minimum atomic E-state index is 0.701. The number of pyridine rings is 1. The number of hydrogen-bond acceptors (Lipinski definition) is 6. The molecule has 1 aliphatic heterocycles. The highest BCUT2D eigenvalue weighted by Gasteiger charge is 2.14. The van der Waals surface area contributed by atoms with Crippen molar-refractivity contribution < 1.29 is 0 Å². The molecule has 1 saturated heterocycles. The topological polar surface area (TPSA) is 68.7 Å². The molecule has 28 heavy (non-hydrogen) atoms. The monoisotopic (exact) mass is 401 g/mol. The van der Waals surface area contributed by atoms with Crippen LogP contribution in [0.5, 0.6) is 0 Å². The molecule has 2 aromatic heterocycles. The molecule has 0 aromatic carbocycles. The van der Waals surface area contributed by atoms with E-state index in [1.165, 1.54) is 9.88 Å². The lowest BCUT2D eigenvalue weighted by molar-refractivity contribution is 0.312. The molecule has 3 rings (SSSR count). The van der Waals surface area contributed by atoms with E-state index in [1.807, 2.05) is 12.4 Å². The van der Waals surface area contributed by atoms with E-state index in [1.54, 1.807) is 18.4 Å². The largest absolute Gasteiger partial charge is 0.356 e. The van der Waals surface area contributed by atoms with Gasteiger partial charge >= 0.3 is 0 Å². The SMILES string of the molecule is CCc1cnc(CCNC(=NC)NCc2ccc(N3CCN(C)CC3)nc2)s1. The van der Waals surface area contributed by atoms with Gasteiger partial charge in [-0.25, -0.2) is 9.97 Å². The van der Waals surface area contributed by atoms with E-state index >= 15 is 0 Å². The number of aryl methyl sites for hydroxylation is 1. The maximum Gasteiger partial charge on any atom is 0.191 e. The number of nitrogens with one attached hydrogen (secondary N) is 2. The van der Waals surface area contributed by atoms with Crippen LogP contribution in [-0.4, -0.2) is 67.6 Å². The molecule has 1 aliphatic rings. The molecule has 0 bridgehead atoms. The van der Waals surface area contributed by atoms with Crippen LogP contribution in [0.25, 0.3) is 0 Å². The Morgan fingerprint density at radius 1 is 1.14 bits per heavy atom. The maximum absolute atomic E-state index is 4.64. The van der Waals surface area contributed by atoms with Crippen LogP contribution in [0.4, 0.5) is 5.82 Å². The molecule has 0 amide bonds. The Balaban J connectivity index is 1.41. The number of thiazole rings is 1. The summed E-state index contributed by atoms with van der Waals surface area (Å²) in [4.78, 5) is 19.4. The van der Waals surface area contributed by atoms with Crippen LogP contribution in [0.15, 0.2) is 29.5 Å². The first-order chi connectivity index (χ1) is 13.7. The number of rotatable bonds is 7. The lowest BCUT2D eigenvalue weighted by Gasteiger charge is -2.33. The maximum atomic E-state index is 4.64. The first-order valence-corrected chi connectivity index (χ1v) is 10.8. The van der Waals surface area contributed by atoms with Gasteiger partial charge in [0.1, 0.15) is 5.82 Å². The van der Waals surface area contributed by atoms with Gasteiger partial charge in [0.25, 0.3) is 0 Å². The van der Waals surface area contributed by atoms with Crippen molar-refractivity contribution in [3.05, 3.63) is 40.0 Å². The third-order valence-corrected chi connectivity index (χ3v) is 6.10. The lowest BCUT2D eigenvalue weighted by Crippen LogP contribution is -2.44. The second-order valence-corrected chi connectivity index (χ2v) is 8.19. The molecule has 152 valence electrons. The fourth-order valence-electron chi connectivity index (χ4n) is 3.07. The molecule has 0 radical (unpaired) electrons. The Morgan fingerprint density at radius 2 is 1.96 bits per heavy atom. The zero-order valence-corrected chi connectivity index (χ0v) is 17.9. The summed E-state index contributed by atoms with van der Waals surface area (Å²) >= 11 is 1.79. The van der Waals surface area contributed by atoms with Crippen molar-refractivity contribution in [3.8, 4) is 0 Å². The summed E-state index contributed by atoms with van der Waals surface area (Å²) in [5.41, 5.74) is 1.15. The van der Waals surface area contributed by atoms with Crippen molar-refractivity contribution in [1.82, 2.24) is 25.5 Å². The van der Waals surface area contributed by atoms with Crippen molar-refractivity contribution in [2.75, 3.05) is 51.7 Å². The third-order valence-electron chi connectivity index (χ3n) is 4.90. The number of aliphatic imine (C=N–C) groups is 1. The minimum absolute atomic E-state index is 0.701. The van der Waals surface area contributed by atoms with E-state index in [0.717, 1.165) is 62.9 Å². The fraction of sp³-hybridized carbons (Fsp3) is 0.550. The van der Waals surface area contributed by atoms with Gasteiger partial charge < -0.3 is 20.4 Å². The molecule has 2 aromatic rings. The summed E-state index contributed by atoms with van der Waals surface area (Å²) in [5.74, 6) is 1.87. The summed E-state index contributed by atoms with van der Waals surface area (Å²) in [7, 11) is 3.96. The third kappa shape index (κ3) is 5.90. The van der Waals surface area contributed by atoms with Crippen LogP contribution < -0.4 is 15.5 Å². The first kappa shape index (κ1) is 20.5. The van der Waals surface area contributed by atoms with Crippen LogP contribution in [0, 0.1) is 0 Å². The molecule has 1 fully saturated rings. The van der Waals surface area contributed by atoms with E-state index in [4.69, 9.17) is 0 Å². The van der Waals surface area contributed by atoms with Crippen molar-refractivity contribution >= 4 is 23.1 Å². The van der Waals surface area contributed by atoms with Gasteiger partial charge in [0.2, 0.25) is 0 Å².